The van der Waals surface area contributed by atoms with Crippen molar-refractivity contribution in [2.24, 2.45) is 0 Å². The number of carboxylic acid groups (broad SMARTS) is 2. The molecule has 0 aromatic carbocycles. The van der Waals surface area contributed by atoms with E-state index in [-0.39, 0.29) is 12.8 Å². The lowest BCUT2D eigenvalue weighted by Gasteiger charge is -2.30. The molecule has 0 unspecified atom stereocenters. The molecule has 2 N–H and O–H groups in total. The van der Waals surface area contributed by atoms with Gasteiger partial charge in [-0.15, -0.1) is 0 Å². The van der Waals surface area contributed by atoms with Crippen molar-refractivity contribution in [2.45, 2.75) is 30.4 Å². The van der Waals surface area contributed by atoms with Crippen molar-refractivity contribution in [3.63, 3.8) is 0 Å². The number of carbonyl (C=O) groups is 2. The van der Waals surface area contributed by atoms with Crippen LogP contribution in [0, 0.1) is 0 Å². The first kappa shape index (κ1) is 18.3. The van der Waals surface area contributed by atoms with Gasteiger partial charge >= 0.3 is 11.9 Å². The highest BCUT2D eigenvalue weighted by atomic mass is 33.1. The zero-order chi connectivity index (χ0) is 14.0. The summed E-state index contributed by atoms with van der Waals surface area (Å²) >= 11 is 8.34. The molecule has 4 nitrogen and oxygen atoms in total. The SMILES string of the molecule is O=C(O)CCSSC(CCS)(CCS)CC(=O)O. The Balaban J connectivity index is 4.40. The van der Waals surface area contributed by atoms with Crippen LogP contribution in [0.1, 0.15) is 25.7 Å². The standard InChI is InChI=1S/C10H18O4S4/c11-8(12)1-6-17-18-10(2-4-15,3-5-16)7-9(13)14/h15-16H,1-7H2,(H,11,12)(H,13,14). The van der Waals surface area contributed by atoms with E-state index in [4.69, 9.17) is 10.2 Å². The molecule has 0 fully saturated rings. The van der Waals surface area contributed by atoms with Crippen molar-refractivity contribution in [1.29, 1.82) is 0 Å². The van der Waals surface area contributed by atoms with E-state index in [1.165, 1.54) is 21.6 Å². The second-order valence-corrected chi connectivity index (χ2v) is 7.53. The molecule has 0 aliphatic carbocycles. The molecule has 0 heterocycles. The zero-order valence-electron chi connectivity index (χ0n) is 9.87. The van der Waals surface area contributed by atoms with Gasteiger partial charge in [0.15, 0.2) is 0 Å². The molecule has 0 saturated carbocycles. The topological polar surface area (TPSA) is 74.6 Å². The van der Waals surface area contributed by atoms with Crippen LogP contribution in [-0.2, 0) is 9.59 Å². The van der Waals surface area contributed by atoms with Crippen LogP contribution in [0.3, 0.4) is 0 Å². The highest BCUT2D eigenvalue weighted by Gasteiger charge is 2.32. The Morgan fingerprint density at radius 2 is 1.61 bits per heavy atom. The fourth-order valence-electron chi connectivity index (χ4n) is 1.39. The molecule has 0 bridgehead atoms. The molecule has 0 aromatic rings. The smallest absolute Gasteiger partial charge is 0.304 e. The molecule has 0 spiro atoms. The van der Waals surface area contributed by atoms with Crippen molar-refractivity contribution in [2.75, 3.05) is 17.3 Å². The quantitative estimate of drug-likeness (QED) is 0.265. The molecule has 18 heavy (non-hydrogen) atoms. The Kier molecular flexibility index (Phi) is 10.4. The monoisotopic (exact) mass is 330 g/mol. The van der Waals surface area contributed by atoms with E-state index in [0.29, 0.717) is 30.1 Å². The highest BCUT2D eigenvalue weighted by molar-refractivity contribution is 8.77. The lowest BCUT2D eigenvalue weighted by atomic mass is 9.98. The Labute approximate surface area is 126 Å². The molecule has 0 aliphatic rings. The maximum Gasteiger partial charge on any atom is 0.304 e. The van der Waals surface area contributed by atoms with Gasteiger partial charge in [0.05, 0.1) is 12.8 Å². The summed E-state index contributed by atoms with van der Waals surface area (Å²) < 4.78 is -0.404. The fourth-order valence-corrected chi connectivity index (χ4v) is 5.62. The van der Waals surface area contributed by atoms with Crippen molar-refractivity contribution in [3.8, 4) is 0 Å². The van der Waals surface area contributed by atoms with Gasteiger partial charge in [-0.25, -0.2) is 0 Å². The van der Waals surface area contributed by atoms with Gasteiger partial charge in [-0.05, 0) is 24.3 Å². The number of rotatable bonds is 11. The average molecular weight is 331 g/mol. The van der Waals surface area contributed by atoms with E-state index >= 15 is 0 Å². The maximum atomic E-state index is 10.9. The third-order valence-electron chi connectivity index (χ3n) is 2.24. The summed E-state index contributed by atoms with van der Waals surface area (Å²) in [4.78, 5) is 21.4. The second kappa shape index (κ2) is 10.2. The van der Waals surface area contributed by atoms with Gasteiger partial charge in [0.25, 0.3) is 0 Å². The lowest BCUT2D eigenvalue weighted by molar-refractivity contribution is -0.138. The van der Waals surface area contributed by atoms with Crippen LogP contribution < -0.4 is 0 Å². The van der Waals surface area contributed by atoms with Crippen molar-refractivity contribution in [1.82, 2.24) is 0 Å². The molecule has 0 saturated heterocycles. The minimum atomic E-state index is -0.843. The first-order valence-corrected chi connectivity index (χ1v) is 9.00. The summed E-state index contributed by atoms with van der Waals surface area (Å²) in [5.41, 5.74) is 0. The minimum absolute atomic E-state index is 0.0544. The molecule has 8 heteroatoms. The van der Waals surface area contributed by atoms with Gasteiger partial charge in [0.2, 0.25) is 0 Å². The van der Waals surface area contributed by atoms with E-state index in [0.717, 1.165) is 0 Å². The van der Waals surface area contributed by atoms with Crippen molar-refractivity contribution < 1.29 is 19.8 Å². The van der Waals surface area contributed by atoms with Crippen LogP contribution in [0.25, 0.3) is 0 Å². The van der Waals surface area contributed by atoms with E-state index in [9.17, 15) is 9.59 Å². The van der Waals surface area contributed by atoms with Gasteiger partial charge < -0.3 is 10.2 Å². The summed E-state index contributed by atoms with van der Waals surface area (Å²) in [6.45, 7) is 0. The maximum absolute atomic E-state index is 10.9. The number of hydrogen-bond donors (Lipinski definition) is 4. The Morgan fingerprint density at radius 3 is 2.00 bits per heavy atom. The summed E-state index contributed by atoms with van der Waals surface area (Å²) in [6.07, 6.45) is 1.49. The predicted octanol–water partition coefficient (Wildman–Crippen LogP) is 2.70. The molecule has 106 valence electrons. The predicted molar refractivity (Wildman–Crippen MR) is 84.2 cm³/mol. The normalized spacial score (nSPS) is 11.4. The number of aliphatic carboxylic acids is 2. The molecule has 0 rings (SSSR count). The molecular weight excluding hydrogens is 312 g/mol. The van der Waals surface area contributed by atoms with Crippen molar-refractivity contribution in [3.05, 3.63) is 0 Å². The second-order valence-electron chi connectivity index (χ2n) is 3.75. The van der Waals surface area contributed by atoms with Gasteiger partial charge in [-0.2, -0.15) is 25.3 Å². The van der Waals surface area contributed by atoms with Crippen LogP contribution in [-0.4, -0.2) is 44.2 Å². The largest absolute Gasteiger partial charge is 0.481 e. The summed E-state index contributed by atoms with van der Waals surface area (Å²) in [5.74, 6) is 0.00181. The van der Waals surface area contributed by atoms with Crippen LogP contribution in [0.2, 0.25) is 0 Å². The first-order valence-electron chi connectivity index (χ1n) is 5.42. The molecule has 0 radical (unpaired) electrons. The molecular formula is C10H18O4S4. The van der Waals surface area contributed by atoms with Crippen LogP contribution in [0.5, 0.6) is 0 Å². The summed E-state index contributed by atoms with van der Waals surface area (Å²) in [7, 11) is 2.88. The number of thiol groups is 2. The lowest BCUT2D eigenvalue weighted by Crippen LogP contribution is -2.29. The fraction of sp³-hybridized carbons (Fsp3) is 0.800. The summed E-state index contributed by atoms with van der Waals surface area (Å²) in [6, 6.07) is 0. The van der Waals surface area contributed by atoms with Gasteiger partial charge in [0.1, 0.15) is 0 Å². The zero-order valence-corrected chi connectivity index (χ0v) is 13.3. The highest BCUT2D eigenvalue weighted by Crippen LogP contribution is 2.44. The third-order valence-corrected chi connectivity index (χ3v) is 6.00. The molecule has 0 atom stereocenters. The number of carboxylic acids is 2. The van der Waals surface area contributed by atoms with E-state index < -0.39 is 16.7 Å². The minimum Gasteiger partial charge on any atom is -0.481 e. The van der Waals surface area contributed by atoms with Gasteiger partial charge in [-0.3, -0.25) is 9.59 Å². The van der Waals surface area contributed by atoms with Crippen LogP contribution in [0.15, 0.2) is 0 Å². The number of hydrogen-bond acceptors (Lipinski definition) is 6. The van der Waals surface area contributed by atoms with E-state index in [2.05, 4.69) is 25.3 Å². The Hall–Kier alpha value is 0.340. The van der Waals surface area contributed by atoms with Crippen LogP contribution in [0.4, 0.5) is 0 Å². The third kappa shape index (κ3) is 8.44. The average Bonchev–Trinajstić information content (AvgIpc) is 2.24. The first-order chi connectivity index (χ1) is 8.45. The van der Waals surface area contributed by atoms with E-state index in [1.807, 2.05) is 0 Å². The van der Waals surface area contributed by atoms with Gasteiger partial charge in [-0.1, -0.05) is 21.6 Å². The Bertz CT molecular complexity index is 267. The molecule has 0 aliphatic heterocycles. The summed E-state index contributed by atoms with van der Waals surface area (Å²) in [5, 5.41) is 17.5. The Morgan fingerprint density at radius 1 is 1.06 bits per heavy atom. The van der Waals surface area contributed by atoms with E-state index in [1.54, 1.807) is 0 Å². The van der Waals surface area contributed by atoms with Crippen molar-refractivity contribution >= 4 is 58.8 Å². The molecule has 0 aromatic heterocycles. The molecule has 0 amide bonds. The van der Waals surface area contributed by atoms with Gasteiger partial charge in [0, 0.05) is 10.5 Å². The van der Waals surface area contributed by atoms with Crippen LogP contribution >= 0.6 is 46.8 Å².